The van der Waals surface area contributed by atoms with Crippen molar-refractivity contribution in [2.24, 2.45) is 5.41 Å². The Balaban J connectivity index is 2.38. The van der Waals surface area contributed by atoms with Crippen LogP contribution in [-0.4, -0.2) is 6.54 Å². The maximum Gasteiger partial charge on any atom is 0.0205 e. The quantitative estimate of drug-likeness (QED) is 0.794. The summed E-state index contributed by atoms with van der Waals surface area (Å²) in [5.74, 6) is 0. The van der Waals surface area contributed by atoms with Crippen LogP contribution in [-0.2, 0) is 13.0 Å². The predicted molar refractivity (Wildman–Crippen MR) is 67.0 cm³/mol. The summed E-state index contributed by atoms with van der Waals surface area (Å²) in [5.41, 5.74) is 3.15. The molecule has 0 aliphatic heterocycles. The molecule has 0 fully saturated rings. The number of benzene rings is 1. The minimum Gasteiger partial charge on any atom is -0.312 e. The molecule has 0 aliphatic carbocycles. The smallest absolute Gasteiger partial charge is 0.0205 e. The van der Waals surface area contributed by atoms with Crippen molar-refractivity contribution in [2.45, 2.75) is 40.7 Å². The van der Waals surface area contributed by atoms with Crippen molar-refractivity contribution in [1.82, 2.24) is 5.32 Å². The summed E-state index contributed by atoms with van der Waals surface area (Å²) in [7, 11) is 0. The molecule has 0 aliphatic rings. The van der Waals surface area contributed by atoms with Gasteiger partial charge in [0.2, 0.25) is 0 Å². The first-order valence-corrected chi connectivity index (χ1v) is 5.80. The molecule has 0 heterocycles. The third-order valence-corrected chi connectivity index (χ3v) is 2.42. The van der Waals surface area contributed by atoms with Gasteiger partial charge >= 0.3 is 0 Å². The van der Waals surface area contributed by atoms with Gasteiger partial charge in [-0.05, 0) is 23.0 Å². The SMILES string of the molecule is CCc1ccc(CNCC(C)(C)C)cc1. The van der Waals surface area contributed by atoms with E-state index >= 15 is 0 Å². The Kier molecular flexibility index (Phi) is 4.34. The second-order valence-electron chi connectivity index (χ2n) is 5.33. The van der Waals surface area contributed by atoms with Gasteiger partial charge in [0.1, 0.15) is 0 Å². The van der Waals surface area contributed by atoms with Crippen LogP contribution in [0.3, 0.4) is 0 Å². The zero-order valence-electron chi connectivity index (χ0n) is 10.4. The average Bonchev–Trinajstić information content (AvgIpc) is 2.17. The fraction of sp³-hybridized carbons (Fsp3) is 0.571. The Morgan fingerprint density at radius 3 is 2.00 bits per heavy atom. The first-order chi connectivity index (χ1) is 7.01. The van der Waals surface area contributed by atoms with Gasteiger partial charge in [0.05, 0.1) is 0 Å². The van der Waals surface area contributed by atoms with Crippen LogP contribution in [0.1, 0.15) is 38.8 Å². The number of hydrogen-bond acceptors (Lipinski definition) is 1. The predicted octanol–water partition coefficient (Wildman–Crippen LogP) is 3.38. The van der Waals surface area contributed by atoms with Crippen molar-refractivity contribution >= 4 is 0 Å². The second kappa shape index (κ2) is 5.32. The highest BCUT2D eigenvalue weighted by molar-refractivity contribution is 5.22. The topological polar surface area (TPSA) is 12.0 Å². The van der Waals surface area contributed by atoms with Gasteiger partial charge in [-0.15, -0.1) is 0 Å². The van der Waals surface area contributed by atoms with E-state index in [-0.39, 0.29) is 0 Å². The Hall–Kier alpha value is -0.820. The molecule has 1 nitrogen and oxygen atoms in total. The number of hydrogen-bond donors (Lipinski definition) is 1. The van der Waals surface area contributed by atoms with Crippen molar-refractivity contribution in [3.63, 3.8) is 0 Å². The lowest BCUT2D eigenvalue weighted by Gasteiger charge is -2.18. The van der Waals surface area contributed by atoms with E-state index in [1.165, 1.54) is 11.1 Å². The summed E-state index contributed by atoms with van der Waals surface area (Å²) >= 11 is 0. The average molecular weight is 205 g/mol. The lowest BCUT2D eigenvalue weighted by Crippen LogP contribution is -2.26. The van der Waals surface area contributed by atoms with Crippen LogP contribution in [0, 0.1) is 5.41 Å². The van der Waals surface area contributed by atoms with Crippen molar-refractivity contribution in [2.75, 3.05) is 6.54 Å². The molecule has 0 unspecified atom stereocenters. The Morgan fingerprint density at radius 1 is 1.00 bits per heavy atom. The monoisotopic (exact) mass is 205 g/mol. The summed E-state index contributed by atoms with van der Waals surface area (Å²) < 4.78 is 0. The number of nitrogens with one attached hydrogen (secondary N) is 1. The van der Waals surface area contributed by atoms with Gasteiger partial charge in [0.25, 0.3) is 0 Å². The fourth-order valence-corrected chi connectivity index (χ4v) is 1.47. The summed E-state index contributed by atoms with van der Waals surface area (Å²) in [6.45, 7) is 11.0. The molecule has 0 spiro atoms. The minimum atomic E-state index is 0.364. The molecule has 0 saturated carbocycles. The Labute approximate surface area is 93.9 Å². The van der Waals surface area contributed by atoms with Gasteiger partial charge < -0.3 is 5.32 Å². The van der Waals surface area contributed by atoms with Crippen LogP contribution in [0.5, 0.6) is 0 Å². The summed E-state index contributed by atoms with van der Waals surface area (Å²) in [6.07, 6.45) is 1.12. The molecule has 1 rings (SSSR count). The lowest BCUT2D eigenvalue weighted by molar-refractivity contribution is 0.379. The van der Waals surface area contributed by atoms with Gasteiger partial charge in [-0.2, -0.15) is 0 Å². The van der Waals surface area contributed by atoms with E-state index in [0.29, 0.717) is 5.41 Å². The zero-order valence-corrected chi connectivity index (χ0v) is 10.4. The molecule has 0 amide bonds. The van der Waals surface area contributed by atoms with E-state index in [1.54, 1.807) is 0 Å². The Bertz CT molecular complexity index is 279. The maximum atomic E-state index is 3.48. The van der Waals surface area contributed by atoms with E-state index in [0.717, 1.165) is 19.5 Å². The third-order valence-electron chi connectivity index (χ3n) is 2.42. The summed E-state index contributed by atoms with van der Waals surface area (Å²) in [6, 6.07) is 8.87. The van der Waals surface area contributed by atoms with Crippen LogP contribution in [0.25, 0.3) is 0 Å². The summed E-state index contributed by atoms with van der Waals surface area (Å²) in [5, 5.41) is 3.48. The molecule has 84 valence electrons. The molecule has 1 aromatic carbocycles. The van der Waals surface area contributed by atoms with Crippen molar-refractivity contribution < 1.29 is 0 Å². The van der Waals surface area contributed by atoms with Crippen LogP contribution in [0.15, 0.2) is 24.3 Å². The van der Waals surface area contributed by atoms with Gasteiger partial charge in [0.15, 0.2) is 0 Å². The Morgan fingerprint density at radius 2 is 1.53 bits per heavy atom. The molecular weight excluding hydrogens is 182 g/mol. The van der Waals surface area contributed by atoms with Gasteiger partial charge in [-0.3, -0.25) is 0 Å². The van der Waals surface area contributed by atoms with Gasteiger partial charge in [-0.1, -0.05) is 52.0 Å². The molecule has 0 aromatic heterocycles. The fourth-order valence-electron chi connectivity index (χ4n) is 1.47. The van der Waals surface area contributed by atoms with E-state index in [1.807, 2.05) is 0 Å². The molecule has 1 heteroatoms. The van der Waals surface area contributed by atoms with Gasteiger partial charge in [-0.25, -0.2) is 0 Å². The van der Waals surface area contributed by atoms with E-state index in [4.69, 9.17) is 0 Å². The molecule has 1 aromatic rings. The van der Waals surface area contributed by atoms with E-state index in [9.17, 15) is 0 Å². The molecule has 15 heavy (non-hydrogen) atoms. The van der Waals surface area contributed by atoms with E-state index in [2.05, 4.69) is 57.3 Å². The molecule has 0 bridgehead atoms. The maximum absolute atomic E-state index is 3.48. The van der Waals surface area contributed by atoms with Crippen molar-refractivity contribution in [3.05, 3.63) is 35.4 Å². The first-order valence-electron chi connectivity index (χ1n) is 5.80. The first kappa shape index (κ1) is 12.3. The van der Waals surface area contributed by atoms with Crippen LogP contribution in [0.2, 0.25) is 0 Å². The molecule has 0 saturated heterocycles. The highest BCUT2D eigenvalue weighted by Gasteiger charge is 2.08. The highest BCUT2D eigenvalue weighted by Crippen LogP contribution is 2.11. The lowest BCUT2D eigenvalue weighted by atomic mass is 9.97. The van der Waals surface area contributed by atoms with Gasteiger partial charge in [0, 0.05) is 13.1 Å². The second-order valence-corrected chi connectivity index (χ2v) is 5.33. The molecular formula is C14H23N. The highest BCUT2D eigenvalue weighted by atomic mass is 14.9. The summed E-state index contributed by atoms with van der Waals surface area (Å²) in [4.78, 5) is 0. The largest absolute Gasteiger partial charge is 0.312 e. The van der Waals surface area contributed by atoms with Crippen molar-refractivity contribution in [3.8, 4) is 0 Å². The molecule has 0 atom stereocenters. The normalized spacial score (nSPS) is 11.7. The number of rotatable bonds is 4. The standard InChI is InChI=1S/C14H23N/c1-5-12-6-8-13(9-7-12)10-15-11-14(2,3)4/h6-9,15H,5,10-11H2,1-4H3. The zero-order chi connectivity index (χ0) is 11.3. The van der Waals surface area contributed by atoms with Crippen LogP contribution < -0.4 is 5.32 Å². The minimum absolute atomic E-state index is 0.364. The number of aryl methyl sites for hydroxylation is 1. The van der Waals surface area contributed by atoms with Crippen LogP contribution in [0.4, 0.5) is 0 Å². The third kappa shape index (κ3) is 4.98. The van der Waals surface area contributed by atoms with Crippen molar-refractivity contribution in [1.29, 1.82) is 0 Å². The van der Waals surface area contributed by atoms with E-state index < -0.39 is 0 Å². The van der Waals surface area contributed by atoms with Crippen LogP contribution >= 0.6 is 0 Å². The molecule has 0 radical (unpaired) electrons. The molecule has 1 N–H and O–H groups in total.